The Balaban J connectivity index is 1.65. The first-order valence-corrected chi connectivity index (χ1v) is 11.0. The molecule has 1 aromatic heterocycles. The largest absolute Gasteiger partial charge is 0.493 e. The van der Waals surface area contributed by atoms with Gasteiger partial charge in [0.05, 0.1) is 43.5 Å². The van der Waals surface area contributed by atoms with E-state index in [9.17, 15) is 8.42 Å². The van der Waals surface area contributed by atoms with Gasteiger partial charge in [0.25, 0.3) is 0 Å². The summed E-state index contributed by atoms with van der Waals surface area (Å²) in [6.45, 7) is 0. The lowest BCUT2D eigenvalue weighted by Crippen LogP contribution is -2.36. The van der Waals surface area contributed by atoms with Crippen LogP contribution in [-0.2, 0) is 9.84 Å². The molecule has 4 rings (SSSR count). The zero-order valence-electron chi connectivity index (χ0n) is 14.1. The fourth-order valence-electron chi connectivity index (χ4n) is 3.33. The van der Waals surface area contributed by atoms with Crippen LogP contribution in [0.1, 0.15) is 0 Å². The Kier molecular flexibility index (Phi) is 4.28. The van der Waals surface area contributed by atoms with E-state index in [0.29, 0.717) is 21.7 Å². The van der Waals surface area contributed by atoms with Gasteiger partial charge in [0.2, 0.25) is 0 Å². The van der Waals surface area contributed by atoms with E-state index in [0.717, 1.165) is 11.3 Å². The minimum Gasteiger partial charge on any atom is -0.493 e. The smallest absolute Gasteiger partial charge is 0.192 e. The zero-order valence-corrected chi connectivity index (χ0v) is 16.6. The van der Waals surface area contributed by atoms with Crippen LogP contribution < -0.4 is 19.7 Å². The lowest BCUT2D eigenvalue weighted by atomic mass is 10.1. The molecule has 0 spiro atoms. The van der Waals surface area contributed by atoms with Crippen molar-refractivity contribution in [2.24, 2.45) is 0 Å². The number of thiocarbonyl (C=S) groups is 1. The maximum absolute atomic E-state index is 11.9. The van der Waals surface area contributed by atoms with Gasteiger partial charge in [-0.1, -0.05) is 0 Å². The van der Waals surface area contributed by atoms with Gasteiger partial charge in [-0.05, 0) is 30.4 Å². The fourth-order valence-corrected chi connectivity index (χ4v) is 6.55. The molecule has 0 aliphatic carbocycles. The molecule has 2 aromatic rings. The fraction of sp³-hybridized carbons (Fsp3) is 0.375. The summed E-state index contributed by atoms with van der Waals surface area (Å²) in [7, 11) is 0.126. The van der Waals surface area contributed by atoms with Crippen molar-refractivity contribution in [1.82, 2.24) is 10.3 Å². The van der Waals surface area contributed by atoms with Crippen molar-refractivity contribution in [2.75, 3.05) is 30.6 Å². The van der Waals surface area contributed by atoms with E-state index in [1.165, 1.54) is 11.3 Å². The zero-order chi connectivity index (χ0) is 18.5. The molecular weight excluding hydrogens is 394 g/mol. The second-order valence-electron chi connectivity index (χ2n) is 6.16. The minimum atomic E-state index is -3.05. The van der Waals surface area contributed by atoms with Gasteiger partial charge in [-0.3, -0.25) is 4.90 Å². The molecule has 2 aliphatic rings. The summed E-state index contributed by atoms with van der Waals surface area (Å²) in [5.41, 5.74) is 1.66. The molecule has 0 saturated carbocycles. The Bertz CT molecular complexity index is 973. The summed E-state index contributed by atoms with van der Waals surface area (Å²) in [6.07, 6.45) is 0. The lowest BCUT2D eigenvalue weighted by molar-refractivity contribution is 0.355. The number of aromatic nitrogens is 1. The van der Waals surface area contributed by atoms with Crippen LogP contribution in [0.5, 0.6) is 11.5 Å². The molecule has 138 valence electrons. The van der Waals surface area contributed by atoms with Crippen LogP contribution in [0.2, 0.25) is 0 Å². The van der Waals surface area contributed by atoms with Gasteiger partial charge in [0.15, 0.2) is 31.6 Å². The Hall–Kier alpha value is -1.91. The number of thiazole rings is 1. The van der Waals surface area contributed by atoms with Crippen LogP contribution in [-0.4, -0.2) is 56.3 Å². The number of sulfone groups is 1. The van der Waals surface area contributed by atoms with Crippen LogP contribution in [0.3, 0.4) is 0 Å². The van der Waals surface area contributed by atoms with Crippen LogP contribution in [0, 0.1) is 0 Å². The number of rotatable bonds is 4. The van der Waals surface area contributed by atoms with Crippen molar-refractivity contribution in [3.63, 3.8) is 0 Å². The standard InChI is InChI=1S/C16H17N3O4S3/c1-22-13-4-3-9(5-14(13)23-2)10-6-25-16(18-10)19-12-8-26(20,21)7-11(12)17-15(19)24/h3-6,11-12H,7-8H2,1-2H3,(H,17,24)/t11-,12+/m1/s1. The number of hydrogen-bond donors (Lipinski definition) is 1. The Morgan fingerprint density at radius 2 is 2.04 bits per heavy atom. The van der Waals surface area contributed by atoms with E-state index in [-0.39, 0.29) is 23.6 Å². The monoisotopic (exact) mass is 411 g/mol. The third-order valence-corrected chi connectivity index (χ3v) is 7.43. The summed E-state index contributed by atoms with van der Waals surface area (Å²) in [5, 5.41) is 6.26. The topological polar surface area (TPSA) is 80.8 Å². The van der Waals surface area contributed by atoms with Crippen molar-refractivity contribution in [1.29, 1.82) is 0 Å². The highest BCUT2D eigenvalue weighted by atomic mass is 32.2. The Morgan fingerprint density at radius 1 is 1.27 bits per heavy atom. The maximum atomic E-state index is 11.9. The molecule has 2 saturated heterocycles. The Morgan fingerprint density at radius 3 is 2.77 bits per heavy atom. The van der Waals surface area contributed by atoms with E-state index in [1.807, 2.05) is 28.5 Å². The average molecular weight is 412 g/mol. The number of nitrogens with one attached hydrogen (secondary N) is 1. The van der Waals surface area contributed by atoms with Crippen LogP contribution in [0.15, 0.2) is 23.6 Å². The van der Waals surface area contributed by atoms with Crippen molar-refractivity contribution < 1.29 is 17.9 Å². The van der Waals surface area contributed by atoms with Crippen molar-refractivity contribution in [3.8, 4) is 22.8 Å². The third kappa shape index (κ3) is 2.91. The van der Waals surface area contributed by atoms with Crippen molar-refractivity contribution >= 4 is 43.6 Å². The lowest BCUT2D eigenvalue weighted by Gasteiger charge is -2.19. The molecule has 1 N–H and O–H groups in total. The van der Waals surface area contributed by atoms with Gasteiger partial charge in [-0.15, -0.1) is 11.3 Å². The summed E-state index contributed by atoms with van der Waals surface area (Å²) in [5.74, 6) is 1.48. The number of ether oxygens (including phenoxy) is 2. The second-order valence-corrected chi connectivity index (χ2v) is 9.53. The normalized spacial score (nSPS) is 23.6. The SMILES string of the molecule is COc1ccc(-c2csc(N3C(=S)N[C@@H]4CS(=O)(=O)C[C@@H]43)n2)cc1OC. The molecule has 0 unspecified atom stereocenters. The van der Waals surface area contributed by atoms with E-state index in [1.54, 1.807) is 14.2 Å². The summed E-state index contributed by atoms with van der Waals surface area (Å²) in [4.78, 5) is 6.51. The highest BCUT2D eigenvalue weighted by molar-refractivity contribution is 7.91. The second kappa shape index (κ2) is 6.36. The Labute approximate surface area is 160 Å². The first-order chi connectivity index (χ1) is 12.4. The molecule has 7 nitrogen and oxygen atoms in total. The minimum absolute atomic E-state index is 0.0933. The third-order valence-electron chi connectivity index (χ3n) is 4.56. The molecule has 0 bridgehead atoms. The predicted molar refractivity (Wildman–Crippen MR) is 105 cm³/mol. The van der Waals surface area contributed by atoms with E-state index >= 15 is 0 Å². The van der Waals surface area contributed by atoms with E-state index < -0.39 is 9.84 Å². The number of methoxy groups -OCH3 is 2. The van der Waals surface area contributed by atoms with E-state index in [2.05, 4.69) is 10.3 Å². The van der Waals surface area contributed by atoms with E-state index in [4.69, 9.17) is 21.7 Å². The molecule has 0 radical (unpaired) electrons. The molecule has 2 aliphatic heterocycles. The number of benzene rings is 1. The summed E-state index contributed by atoms with van der Waals surface area (Å²) in [6, 6.07) is 5.23. The molecule has 3 heterocycles. The molecule has 10 heteroatoms. The molecule has 2 fully saturated rings. The van der Waals surface area contributed by atoms with Gasteiger partial charge in [-0.2, -0.15) is 0 Å². The van der Waals surface area contributed by atoms with Gasteiger partial charge in [-0.25, -0.2) is 13.4 Å². The van der Waals surface area contributed by atoms with Gasteiger partial charge in [0, 0.05) is 10.9 Å². The van der Waals surface area contributed by atoms with Crippen LogP contribution >= 0.6 is 23.6 Å². The molecule has 0 amide bonds. The van der Waals surface area contributed by atoms with Gasteiger partial charge < -0.3 is 14.8 Å². The number of anilines is 1. The van der Waals surface area contributed by atoms with Crippen LogP contribution in [0.25, 0.3) is 11.3 Å². The van der Waals surface area contributed by atoms with Crippen molar-refractivity contribution in [2.45, 2.75) is 12.1 Å². The highest BCUT2D eigenvalue weighted by Gasteiger charge is 2.48. The number of fused-ring (bicyclic) bond motifs is 1. The highest BCUT2D eigenvalue weighted by Crippen LogP contribution is 2.36. The molecular formula is C16H17N3O4S3. The first kappa shape index (κ1) is 17.5. The quantitative estimate of drug-likeness (QED) is 0.762. The maximum Gasteiger partial charge on any atom is 0.192 e. The number of nitrogens with zero attached hydrogens (tertiary/aromatic N) is 2. The summed E-state index contributed by atoms with van der Waals surface area (Å²) >= 11 is 6.84. The summed E-state index contributed by atoms with van der Waals surface area (Å²) < 4.78 is 34.5. The van der Waals surface area contributed by atoms with Crippen molar-refractivity contribution in [3.05, 3.63) is 23.6 Å². The first-order valence-electron chi connectivity index (χ1n) is 7.90. The average Bonchev–Trinajstić information content (AvgIpc) is 3.26. The molecule has 1 aromatic carbocycles. The number of hydrogen-bond acceptors (Lipinski definition) is 7. The molecule has 26 heavy (non-hydrogen) atoms. The molecule has 2 atom stereocenters. The van der Waals surface area contributed by atoms with Crippen LogP contribution in [0.4, 0.5) is 5.13 Å². The van der Waals surface area contributed by atoms with Gasteiger partial charge in [0.1, 0.15) is 0 Å². The van der Waals surface area contributed by atoms with Gasteiger partial charge >= 0.3 is 0 Å². The predicted octanol–water partition coefficient (Wildman–Crippen LogP) is 1.69.